The number of esters is 1. The first kappa shape index (κ1) is 64.1. The zero-order valence-electron chi connectivity index (χ0n) is 43.5. The first-order valence-electron chi connectivity index (χ1n) is 27.7. The van der Waals surface area contributed by atoms with Gasteiger partial charge in [0.25, 0.3) is 0 Å². The Balaban J connectivity index is 2.11. The van der Waals surface area contributed by atoms with Crippen molar-refractivity contribution in [3.63, 3.8) is 0 Å². The number of nitrogens with one attached hydrogen (secondary N) is 1. The molecule has 69 heavy (non-hydrogen) atoms. The summed E-state index contributed by atoms with van der Waals surface area (Å²) >= 11 is 0. The molecule has 0 bridgehead atoms. The van der Waals surface area contributed by atoms with E-state index in [1.807, 2.05) is 6.08 Å². The highest BCUT2D eigenvalue weighted by atomic mass is 16.7. The highest BCUT2D eigenvalue weighted by Crippen LogP contribution is 2.22. The maximum Gasteiger partial charge on any atom is 0.305 e. The molecule has 1 heterocycles. The summed E-state index contributed by atoms with van der Waals surface area (Å²) in [6.07, 6.45) is 51.4. The molecule has 398 valence electrons. The maximum atomic E-state index is 13.0. The molecule has 0 aromatic heterocycles. The Bertz CT molecular complexity index is 1380. The van der Waals surface area contributed by atoms with Crippen LogP contribution in [0.5, 0.6) is 0 Å². The number of carbonyl (C=O) groups excluding carboxylic acids is 2. The van der Waals surface area contributed by atoms with E-state index in [4.69, 9.17) is 14.2 Å². The van der Waals surface area contributed by atoms with Gasteiger partial charge in [0.1, 0.15) is 24.4 Å². The highest BCUT2D eigenvalue weighted by molar-refractivity contribution is 5.76. The van der Waals surface area contributed by atoms with Gasteiger partial charge in [-0.1, -0.05) is 170 Å². The minimum absolute atomic E-state index is 0.0511. The number of hydrogen-bond acceptors (Lipinski definition) is 10. The maximum absolute atomic E-state index is 13.0. The molecule has 1 amide bonds. The molecule has 11 nitrogen and oxygen atoms in total. The number of carbonyl (C=O) groups is 2. The van der Waals surface area contributed by atoms with Crippen LogP contribution in [0.2, 0.25) is 0 Å². The number of allylic oxidation sites excluding steroid dienone is 11. The third-order valence-corrected chi connectivity index (χ3v) is 12.5. The first-order valence-corrected chi connectivity index (χ1v) is 27.7. The minimum atomic E-state index is -1.59. The van der Waals surface area contributed by atoms with E-state index in [9.17, 15) is 35.1 Å². The van der Waals surface area contributed by atoms with Crippen LogP contribution in [0, 0.1) is 0 Å². The second-order valence-electron chi connectivity index (χ2n) is 18.9. The summed E-state index contributed by atoms with van der Waals surface area (Å²) < 4.78 is 16.6. The van der Waals surface area contributed by atoms with Gasteiger partial charge in [-0.25, -0.2) is 0 Å². The summed E-state index contributed by atoms with van der Waals surface area (Å²) in [6, 6.07) is -0.845. The quantitative estimate of drug-likeness (QED) is 0.0149. The van der Waals surface area contributed by atoms with Crippen LogP contribution in [-0.2, 0) is 23.8 Å². The van der Waals surface area contributed by atoms with Gasteiger partial charge in [0.05, 0.1) is 32.0 Å². The second kappa shape index (κ2) is 47.4. The molecule has 11 heteroatoms. The number of rotatable bonds is 46. The first-order chi connectivity index (χ1) is 33.7. The van der Waals surface area contributed by atoms with Gasteiger partial charge in [-0.3, -0.25) is 9.59 Å². The van der Waals surface area contributed by atoms with Crippen molar-refractivity contribution >= 4 is 11.9 Å². The molecule has 0 spiro atoms. The lowest BCUT2D eigenvalue weighted by Gasteiger charge is -2.40. The van der Waals surface area contributed by atoms with Gasteiger partial charge in [-0.2, -0.15) is 0 Å². The lowest BCUT2D eigenvalue weighted by molar-refractivity contribution is -0.302. The van der Waals surface area contributed by atoms with Gasteiger partial charge in [-0.05, 0) is 109 Å². The van der Waals surface area contributed by atoms with Crippen molar-refractivity contribution in [3.05, 3.63) is 72.9 Å². The Morgan fingerprint density at radius 1 is 0.551 bits per heavy atom. The third kappa shape index (κ3) is 37.5. The Morgan fingerprint density at radius 3 is 1.61 bits per heavy atom. The van der Waals surface area contributed by atoms with Crippen LogP contribution in [0.1, 0.15) is 219 Å². The van der Waals surface area contributed by atoms with Crippen LogP contribution in [0.3, 0.4) is 0 Å². The normalized spacial score (nSPS) is 19.9. The summed E-state index contributed by atoms with van der Waals surface area (Å²) in [7, 11) is 0. The SMILES string of the molecule is CCCCC/C=C\C/C=C\CCCCCCCCCC(=O)OCCCCC/C=C\C=C/CCCCCCCCC(=O)NC(COC1OC(CO)C(O)C(O)C1O)C(O)/C=C/CC/C=C/CCCCC. The van der Waals surface area contributed by atoms with Crippen molar-refractivity contribution in [2.24, 2.45) is 0 Å². The van der Waals surface area contributed by atoms with E-state index in [1.165, 1.54) is 83.5 Å². The van der Waals surface area contributed by atoms with E-state index in [1.54, 1.807) is 6.08 Å². The van der Waals surface area contributed by atoms with Gasteiger partial charge in [-0.15, -0.1) is 0 Å². The van der Waals surface area contributed by atoms with Gasteiger partial charge in [0, 0.05) is 12.8 Å². The van der Waals surface area contributed by atoms with Crippen LogP contribution in [0.15, 0.2) is 72.9 Å². The summed E-state index contributed by atoms with van der Waals surface area (Å²) in [5.41, 5.74) is 0. The van der Waals surface area contributed by atoms with Gasteiger partial charge in [0.2, 0.25) is 5.91 Å². The zero-order chi connectivity index (χ0) is 50.3. The second-order valence-corrected chi connectivity index (χ2v) is 18.9. The van der Waals surface area contributed by atoms with Crippen molar-refractivity contribution in [2.45, 2.75) is 262 Å². The standard InChI is InChI=1S/C58H101NO10/c1-3-5-7-9-11-13-14-15-16-17-20-23-26-30-34-38-42-46-54(63)67-47-43-39-35-31-27-24-21-18-19-22-25-29-33-37-41-45-53(62)59-50(51(61)44-40-36-32-28-12-10-8-6-4-2)49-68-58-57(66)56(65)55(64)52(48-60)69-58/h11-13,15-16,18,21,24,27-28,40,44,50-52,55-58,60-61,64-66H,3-10,14,17,19-20,22-23,25-26,29-39,41-43,45-49H2,1-2H3,(H,59,62)/b13-11-,16-15-,21-18-,27-24-,28-12+,44-40+. The van der Waals surface area contributed by atoms with Crippen LogP contribution in [0.25, 0.3) is 0 Å². The Hall–Kier alpha value is -2.90. The number of ether oxygens (including phenoxy) is 3. The summed E-state index contributed by atoms with van der Waals surface area (Å²) in [6.45, 7) is 4.15. The molecule has 1 rings (SSSR count). The van der Waals surface area contributed by atoms with Crippen molar-refractivity contribution in [2.75, 3.05) is 19.8 Å². The predicted octanol–water partition coefficient (Wildman–Crippen LogP) is 12.1. The van der Waals surface area contributed by atoms with E-state index in [0.717, 1.165) is 109 Å². The van der Waals surface area contributed by atoms with E-state index in [0.29, 0.717) is 19.4 Å². The molecule has 0 saturated carbocycles. The number of hydrogen-bond donors (Lipinski definition) is 6. The Labute approximate surface area is 420 Å². The lowest BCUT2D eigenvalue weighted by Crippen LogP contribution is -2.60. The molecule has 0 radical (unpaired) electrons. The lowest BCUT2D eigenvalue weighted by atomic mass is 9.99. The monoisotopic (exact) mass is 972 g/mol. The molecule has 6 N–H and O–H groups in total. The third-order valence-electron chi connectivity index (χ3n) is 12.5. The Kier molecular flexibility index (Phi) is 44.1. The van der Waals surface area contributed by atoms with Crippen LogP contribution in [-0.4, -0.2) is 100 Å². The molecule has 1 saturated heterocycles. The molecule has 0 aliphatic carbocycles. The van der Waals surface area contributed by atoms with Gasteiger partial charge >= 0.3 is 5.97 Å². The molecule has 1 aliphatic rings. The molecular formula is C58H101NO10. The topological polar surface area (TPSA) is 175 Å². The van der Waals surface area contributed by atoms with Gasteiger partial charge in [0.15, 0.2) is 6.29 Å². The largest absolute Gasteiger partial charge is 0.466 e. The fraction of sp³-hybridized carbons (Fsp3) is 0.759. The smallest absolute Gasteiger partial charge is 0.305 e. The van der Waals surface area contributed by atoms with E-state index < -0.39 is 49.5 Å². The molecule has 1 aliphatic heterocycles. The number of unbranched alkanes of at least 4 members (excludes halogenated alkanes) is 23. The minimum Gasteiger partial charge on any atom is -0.466 e. The predicted molar refractivity (Wildman–Crippen MR) is 283 cm³/mol. The molecule has 7 atom stereocenters. The average Bonchev–Trinajstić information content (AvgIpc) is 3.34. The van der Waals surface area contributed by atoms with E-state index in [2.05, 4.69) is 79.9 Å². The molecule has 7 unspecified atom stereocenters. The zero-order valence-corrected chi connectivity index (χ0v) is 43.5. The average molecular weight is 972 g/mol. The number of aliphatic hydroxyl groups is 5. The Morgan fingerprint density at radius 2 is 1.03 bits per heavy atom. The number of aliphatic hydroxyl groups excluding tert-OH is 5. The fourth-order valence-corrected chi connectivity index (χ4v) is 8.06. The highest BCUT2D eigenvalue weighted by Gasteiger charge is 2.44. The fourth-order valence-electron chi connectivity index (χ4n) is 8.06. The van der Waals surface area contributed by atoms with E-state index >= 15 is 0 Å². The molecule has 1 fully saturated rings. The van der Waals surface area contributed by atoms with Crippen molar-refractivity contribution in [1.82, 2.24) is 5.32 Å². The summed E-state index contributed by atoms with van der Waals surface area (Å²) in [5, 5.41) is 54.1. The molecular weight excluding hydrogens is 871 g/mol. The summed E-state index contributed by atoms with van der Waals surface area (Å²) in [4.78, 5) is 25.0. The van der Waals surface area contributed by atoms with Crippen molar-refractivity contribution < 1.29 is 49.3 Å². The van der Waals surface area contributed by atoms with Gasteiger partial charge < -0.3 is 45.1 Å². The number of amides is 1. The van der Waals surface area contributed by atoms with Crippen molar-refractivity contribution in [3.8, 4) is 0 Å². The molecule has 0 aromatic carbocycles. The van der Waals surface area contributed by atoms with Crippen LogP contribution >= 0.6 is 0 Å². The van der Waals surface area contributed by atoms with E-state index in [-0.39, 0.29) is 18.5 Å². The summed E-state index contributed by atoms with van der Waals surface area (Å²) in [5.74, 6) is -0.271. The molecule has 0 aromatic rings. The van der Waals surface area contributed by atoms with Crippen molar-refractivity contribution in [1.29, 1.82) is 0 Å². The van der Waals surface area contributed by atoms with Crippen LogP contribution in [0.4, 0.5) is 0 Å². The van der Waals surface area contributed by atoms with Crippen LogP contribution < -0.4 is 5.32 Å².